The highest BCUT2D eigenvalue weighted by Crippen LogP contribution is 2.42. The molecule has 0 bridgehead atoms. The Labute approximate surface area is 168 Å². The molecule has 0 N–H and O–H groups in total. The van der Waals surface area contributed by atoms with Gasteiger partial charge in [0, 0.05) is 10.0 Å². The van der Waals surface area contributed by atoms with E-state index in [9.17, 15) is 4.79 Å². The number of hydrogen-bond donors (Lipinski definition) is 0. The Balaban J connectivity index is 1.88. The standard InChI is InChI=1S/C19H21Cl2N2O2S/c1-4-23(2,3)22-18(24)12-26-19(22)13-6-5-7-16(8-13)25-17-10-14(20)9-15(21)11-17/h5-11,19H,4,12H2,1-3H3/q+1. The summed E-state index contributed by atoms with van der Waals surface area (Å²) in [5, 5.41) is 2.94. The minimum absolute atomic E-state index is 0.0380. The zero-order valence-electron chi connectivity index (χ0n) is 14.9. The summed E-state index contributed by atoms with van der Waals surface area (Å²) in [6, 6.07) is 12.9. The molecule has 1 unspecified atom stereocenters. The molecule has 0 aliphatic carbocycles. The topological polar surface area (TPSA) is 29.5 Å². The lowest BCUT2D eigenvalue weighted by Gasteiger charge is -2.39. The van der Waals surface area contributed by atoms with Gasteiger partial charge in [0.15, 0.2) is 5.37 Å². The molecule has 1 aliphatic heterocycles. The lowest BCUT2D eigenvalue weighted by atomic mass is 10.2. The molecule has 0 radical (unpaired) electrons. The zero-order chi connectivity index (χ0) is 18.9. The van der Waals surface area contributed by atoms with Gasteiger partial charge in [0.05, 0.1) is 26.4 Å². The van der Waals surface area contributed by atoms with Crippen LogP contribution in [0, 0.1) is 0 Å². The Hall–Kier alpha value is -1.40. The van der Waals surface area contributed by atoms with Gasteiger partial charge in [0.25, 0.3) is 5.91 Å². The molecule has 1 atom stereocenters. The van der Waals surface area contributed by atoms with E-state index in [4.69, 9.17) is 27.9 Å². The maximum Gasteiger partial charge on any atom is 0.279 e. The highest BCUT2D eigenvalue weighted by molar-refractivity contribution is 8.00. The second-order valence-corrected chi connectivity index (χ2v) is 8.56. The smallest absolute Gasteiger partial charge is 0.279 e. The van der Waals surface area contributed by atoms with Gasteiger partial charge in [-0.15, -0.1) is 11.8 Å². The summed E-state index contributed by atoms with van der Waals surface area (Å²) >= 11 is 13.7. The summed E-state index contributed by atoms with van der Waals surface area (Å²) in [4.78, 5) is 12.4. The SMILES string of the molecule is CC[N+](C)(C)N1C(=O)CSC1c1cccc(Oc2cc(Cl)cc(Cl)c2)c1. The summed E-state index contributed by atoms with van der Waals surface area (Å²) < 4.78 is 6.45. The predicted molar refractivity (Wildman–Crippen MR) is 108 cm³/mol. The third-order valence-electron chi connectivity index (χ3n) is 4.41. The van der Waals surface area contributed by atoms with Crippen molar-refractivity contribution in [3.05, 3.63) is 58.1 Å². The molecule has 0 spiro atoms. The van der Waals surface area contributed by atoms with E-state index in [0.29, 0.717) is 31.9 Å². The monoisotopic (exact) mass is 411 g/mol. The van der Waals surface area contributed by atoms with E-state index in [-0.39, 0.29) is 11.3 Å². The average molecular weight is 412 g/mol. The van der Waals surface area contributed by atoms with Gasteiger partial charge in [-0.05, 0) is 42.8 Å². The van der Waals surface area contributed by atoms with Crippen LogP contribution in [0.15, 0.2) is 42.5 Å². The fraction of sp³-hybridized carbons (Fsp3) is 0.316. The number of nitrogens with zero attached hydrogens (tertiary/aromatic N) is 2. The molecule has 1 saturated heterocycles. The van der Waals surface area contributed by atoms with E-state index < -0.39 is 0 Å². The van der Waals surface area contributed by atoms with Crippen LogP contribution in [-0.2, 0) is 4.79 Å². The first-order valence-corrected chi connectivity index (χ1v) is 10.1. The number of quaternary nitrogens is 1. The van der Waals surface area contributed by atoms with Crippen LogP contribution in [0.4, 0.5) is 0 Å². The minimum Gasteiger partial charge on any atom is -0.457 e. The van der Waals surface area contributed by atoms with Gasteiger partial charge in [-0.1, -0.05) is 35.3 Å². The summed E-state index contributed by atoms with van der Waals surface area (Å²) in [5.74, 6) is 1.90. The molecule has 2 aromatic carbocycles. The molecule has 1 aliphatic rings. The largest absolute Gasteiger partial charge is 0.457 e. The summed E-state index contributed by atoms with van der Waals surface area (Å²) in [6.45, 7) is 2.91. The number of thioether (sulfide) groups is 1. The lowest BCUT2D eigenvalue weighted by molar-refractivity contribution is -0.991. The molecule has 0 aromatic heterocycles. The molecule has 7 heteroatoms. The van der Waals surface area contributed by atoms with Gasteiger partial charge in [-0.2, -0.15) is 5.01 Å². The summed E-state index contributed by atoms with van der Waals surface area (Å²) in [7, 11) is 4.09. The van der Waals surface area contributed by atoms with Crippen molar-refractivity contribution in [3.8, 4) is 11.5 Å². The fourth-order valence-electron chi connectivity index (χ4n) is 2.85. The molecule has 0 saturated carbocycles. The number of ether oxygens (including phenoxy) is 1. The van der Waals surface area contributed by atoms with Gasteiger partial charge < -0.3 is 4.74 Å². The van der Waals surface area contributed by atoms with Crippen LogP contribution in [0.25, 0.3) is 0 Å². The Bertz CT molecular complexity index is 809. The molecular formula is C19H21Cl2N2O2S+. The quantitative estimate of drug-likeness (QED) is 0.619. The Morgan fingerprint density at radius 1 is 1.15 bits per heavy atom. The molecule has 3 rings (SSSR count). The number of halogens is 2. The number of rotatable bonds is 5. The van der Waals surface area contributed by atoms with Crippen molar-refractivity contribution in [3.63, 3.8) is 0 Å². The number of amides is 1. The predicted octanol–water partition coefficient (Wildman–Crippen LogP) is 5.37. The molecule has 1 amide bonds. The van der Waals surface area contributed by atoms with E-state index in [1.807, 2.05) is 43.4 Å². The second-order valence-electron chi connectivity index (χ2n) is 6.62. The highest BCUT2D eigenvalue weighted by atomic mass is 35.5. The van der Waals surface area contributed by atoms with Crippen molar-refractivity contribution in [2.75, 3.05) is 26.4 Å². The van der Waals surface area contributed by atoms with Crippen LogP contribution in [-0.4, -0.2) is 41.9 Å². The van der Waals surface area contributed by atoms with Crippen LogP contribution in [0.1, 0.15) is 17.9 Å². The van der Waals surface area contributed by atoms with Gasteiger partial charge >= 0.3 is 0 Å². The third-order valence-corrected chi connectivity index (χ3v) is 6.05. The van der Waals surface area contributed by atoms with Crippen LogP contribution < -0.4 is 4.74 Å². The van der Waals surface area contributed by atoms with Gasteiger partial charge in [0.2, 0.25) is 0 Å². The number of carbonyl (C=O) groups excluding carboxylic acids is 1. The van der Waals surface area contributed by atoms with Gasteiger partial charge in [-0.25, -0.2) is 4.59 Å². The maximum absolute atomic E-state index is 12.4. The summed E-state index contributed by atoms with van der Waals surface area (Å²) in [5.41, 5.74) is 1.03. The van der Waals surface area contributed by atoms with Crippen molar-refractivity contribution < 1.29 is 14.1 Å². The first-order chi connectivity index (χ1) is 12.3. The molecule has 26 heavy (non-hydrogen) atoms. The number of carbonyl (C=O) groups is 1. The van der Waals surface area contributed by atoms with E-state index in [0.717, 1.165) is 12.1 Å². The molecule has 1 fully saturated rings. The number of benzene rings is 2. The average Bonchev–Trinajstić information content (AvgIpc) is 2.96. The van der Waals surface area contributed by atoms with E-state index in [1.165, 1.54) is 0 Å². The molecule has 1 heterocycles. The van der Waals surface area contributed by atoms with Crippen LogP contribution in [0.2, 0.25) is 10.0 Å². The van der Waals surface area contributed by atoms with Crippen molar-refractivity contribution in [2.24, 2.45) is 0 Å². The fourth-order valence-corrected chi connectivity index (χ4v) is 4.64. The van der Waals surface area contributed by atoms with E-state index in [2.05, 4.69) is 6.92 Å². The van der Waals surface area contributed by atoms with Crippen LogP contribution in [0.5, 0.6) is 11.5 Å². The Morgan fingerprint density at radius 2 is 1.85 bits per heavy atom. The normalized spacial score (nSPS) is 17.7. The Morgan fingerprint density at radius 3 is 2.50 bits per heavy atom. The molecule has 138 valence electrons. The Kier molecular flexibility index (Phi) is 5.72. The number of hydrogen-bond acceptors (Lipinski definition) is 3. The van der Waals surface area contributed by atoms with Crippen LogP contribution in [0.3, 0.4) is 0 Å². The molecular weight excluding hydrogens is 391 g/mol. The van der Waals surface area contributed by atoms with Crippen molar-refractivity contribution >= 4 is 40.9 Å². The van der Waals surface area contributed by atoms with E-state index >= 15 is 0 Å². The first kappa shape index (κ1) is 19.4. The van der Waals surface area contributed by atoms with Crippen LogP contribution >= 0.6 is 35.0 Å². The third kappa shape index (κ3) is 4.12. The summed E-state index contributed by atoms with van der Waals surface area (Å²) in [6.07, 6.45) is 0. The van der Waals surface area contributed by atoms with Gasteiger partial charge in [0.1, 0.15) is 11.5 Å². The van der Waals surface area contributed by atoms with Crippen molar-refractivity contribution in [2.45, 2.75) is 12.3 Å². The minimum atomic E-state index is -0.0380. The molecule has 4 nitrogen and oxygen atoms in total. The lowest BCUT2D eigenvalue weighted by Crippen LogP contribution is -2.55. The first-order valence-electron chi connectivity index (χ1n) is 8.31. The zero-order valence-corrected chi connectivity index (χ0v) is 17.2. The van der Waals surface area contributed by atoms with E-state index in [1.54, 1.807) is 30.0 Å². The maximum atomic E-state index is 12.4. The van der Waals surface area contributed by atoms with Crippen molar-refractivity contribution in [1.82, 2.24) is 5.01 Å². The highest BCUT2D eigenvalue weighted by Gasteiger charge is 2.43. The molecule has 2 aromatic rings. The van der Waals surface area contributed by atoms with Crippen molar-refractivity contribution in [1.29, 1.82) is 0 Å². The second kappa shape index (κ2) is 7.69. The van der Waals surface area contributed by atoms with Gasteiger partial charge in [-0.3, -0.25) is 4.79 Å².